The first kappa shape index (κ1) is 22.8. The monoisotopic (exact) mass is 496 g/mol. The van der Waals surface area contributed by atoms with E-state index in [1.54, 1.807) is 13.8 Å². The topological polar surface area (TPSA) is 83.5 Å². The number of aryl methyl sites for hydroxylation is 2. The fourth-order valence-corrected chi connectivity index (χ4v) is 5.74. The Bertz CT molecular complexity index is 1340. The summed E-state index contributed by atoms with van der Waals surface area (Å²) in [5.74, 6) is -1.01. The number of sulfonamides is 1. The summed E-state index contributed by atoms with van der Waals surface area (Å²) in [6.07, 6.45) is 0. The minimum absolute atomic E-state index is 0.0388. The van der Waals surface area contributed by atoms with Crippen LogP contribution >= 0.6 is 23.2 Å². The molecule has 11 heteroatoms. The summed E-state index contributed by atoms with van der Waals surface area (Å²) >= 11 is 12.1. The molecule has 1 aliphatic rings. The summed E-state index contributed by atoms with van der Waals surface area (Å²) in [7, 11) is -3.88. The van der Waals surface area contributed by atoms with Crippen molar-refractivity contribution in [2.45, 2.75) is 18.7 Å². The van der Waals surface area contributed by atoms with Crippen LogP contribution < -0.4 is 0 Å². The van der Waals surface area contributed by atoms with Crippen LogP contribution in [0.2, 0.25) is 10.0 Å². The number of halogens is 3. The number of fused-ring (bicyclic) bond motifs is 1. The first-order valence-electron chi connectivity index (χ1n) is 9.77. The lowest BCUT2D eigenvalue weighted by atomic mass is 10.1. The molecule has 0 unspecified atom stereocenters. The molecule has 1 aromatic heterocycles. The molecule has 2 aromatic carbocycles. The van der Waals surface area contributed by atoms with Crippen molar-refractivity contribution in [2.75, 3.05) is 26.2 Å². The Morgan fingerprint density at radius 2 is 1.69 bits per heavy atom. The standard InChI is InChI=1S/C21H19Cl2FN4O3S/c1-12-13(2)26-20-15(10-14(24)11-17(20)25-12)21(29)27-6-8-28(9-7-27)32(30,31)18-5-3-4-16(22)19(18)23/h3-5,10-11H,6-9H2,1-2H3. The second-order valence-corrected chi connectivity index (χ2v) is 10.2. The van der Waals surface area contributed by atoms with Crippen LogP contribution in [0.15, 0.2) is 35.2 Å². The van der Waals surface area contributed by atoms with Gasteiger partial charge in [0.15, 0.2) is 0 Å². The van der Waals surface area contributed by atoms with Crippen molar-refractivity contribution in [1.82, 2.24) is 19.2 Å². The van der Waals surface area contributed by atoms with Gasteiger partial charge in [0.2, 0.25) is 10.0 Å². The molecule has 1 amide bonds. The lowest BCUT2D eigenvalue weighted by Crippen LogP contribution is -2.50. The van der Waals surface area contributed by atoms with Gasteiger partial charge < -0.3 is 4.90 Å². The van der Waals surface area contributed by atoms with Gasteiger partial charge in [0.1, 0.15) is 16.2 Å². The predicted octanol–water partition coefficient (Wildman–Crippen LogP) is 3.84. The Morgan fingerprint density at radius 1 is 1.03 bits per heavy atom. The number of hydrogen-bond donors (Lipinski definition) is 0. The van der Waals surface area contributed by atoms with E-state index in [4.69, 9.17) is 23.2 Å². The zero-order valence-corrected chi connectivity index (χ0v) is 19.6. The van der Waals surface area contributed by atoms with Gasteiger partial charge in [-0.2, -0.15) is 4.31 Å². The molecule has 0 radical (unpaired) electrons. The van der Waals surface area contributed by atoms with Crippen LogP contribution in [-0.2, 0) is 10.0 Å². The molecule has 32 heavy (non-hydrogen) atoms. The number of benzene rings is 2. The van der Waals surface area contributed by atoms with Crippen LogP contribution in [0, 0.1) is 19.7 Å². The van der Waals surface area contributed by atoms with Crippen molar-refractivity contribution in [3.8, 4) is 0 Å². The van der Waals surface area contributed by atoms with Crippen molar-refractivity contribution >= 4 is 50.2 Å². The second-order valence-electron chi connectivity index (χ2n) is 7.46. The van der Waals surface area contributed by atoms with E-state index in [0.717, 1.165) is 6.07 Å². The van der Waals surface area contributed by atoms with Crippen molar-refractivity contribution in [2.24, 2.45) is 0 Å². The quantitative estimate of drug-likeness (QED) is 0.549. The van der Waals surface area contributed by atoms with Gasteiger partial charge in [-0.05, 0) is 32.0 Å². The molecule has 0 atom stereocenters. The number of carbonyl (C=O) groups is 1. The minimum atomic E-state index is -3.88. The fourth-order valence-electron chi connectivity index (χ4n) is 3.59. The molecule has 0 saturated carbocycles. The van der Waals surface area contributed by atoms with E-state index < -0.39 is 21.7 Å². The molecule has 3 aromatic rings. The summed E-state index contributed by atoms with van der Waals surface area (Å²) < 4.78 is 41.5. The van der Waals surface area contributed by atoms with E-state index in [-0.39, 0.29) is 46.7 Å². The highest BCUT2D eigenvalue weighted by Crippen LogP contribution is 2.31. The van der Waals surface area contributed by atoms with Crippen LogP contribution in [-0.4, -0.2) is 59.7 Å². The molecular formula is C21H19Cl2FN4O3S. The SMILES string of the molecule is Cc1nc2cc(F)cc(C(=O)N3CCN(S(=O)(=O)c4cccc(Cl)c4Cl)CC3)c2nc1C. The fraction of sp³-hybridized carbons (Fsp3) is 0.286. The summed E-state index contributed by atoms with van der Waals surface area (Å²) in [6, 6.07) is 6.80. The summed E-state index contributed by atoms with van der Waals surface area (Å²) in [5, 5.41) is 0.106. The van der Waals surface area contributed by atoms with Crippen molar-refractivity contribution < 1.29 is 17.6 Å². The first-order valence-corrected chi connectivity index (χ1v) is 12.0. The third kappa shape index (κ3) is 4.05. The maximum Gasteiger partial charge on any atom is 0.256 e. The zero-order valence-electron chi connectivity index (χ0n) is 17.3. The van der Waals surface area contributed by atoms with Gasteiger partial charge in [-0.15, -0.1) is 0 Å². The average Bonchev–Trinajstić information content (AvgIpc) is 2.76. The van der Waals surface area contributed by atoms with E-state index in [2.05, 4.69) is 9.97 Å². The van der Waals surface area contributed by atoms with E-state index in [0.29, 0.717) is 22.4 Å². The molecular weight excluding hydrogens is 478 g/mol. The van der Waals surface area contributed by atoms with Gasteiger partial charge in [-0.3, -0.25) is 4.79 Å². The molecule has 2 heterocycles. The maximum absolute atomic E-state index is 14.2. The summed E-state index contributed by atoms with van der Waals surface area (Å²) in [6.45, 7) is 3.92. The molecule has 168 valence electrons. The van der Waals surface area contributed by atoms with Crippen LogP contribution in [0.5, 0.6) is 0 Å². The number of amides is 1. The van der Waals surface area contributed by atoms with Crippen LogP contribution in [0.4, 0.5) is 4.39 Å². The second kappa shape index (κ2) is 8.55. The Labute approximate surface area is 194 Å². The Kier molecular flexibility index (Phi) is 6.10. The summed E-state index contributed by atoms with van der Waals surface area (Å²) in [5.41, 5.74) is 2.02. The Hall–Kier alpha value is -2.33. The smallest absolute Gasteiger partial charge is 0.256 e. The summed E-state index contributed by atoms with van der Waals surface area (Å²) in [4.78, 5) is 23.3. The number of piperazine rings is 1. The van der Waals surface area contributed by atoms with E-state index in [1.165, 1.54) is 33.5 Å². The number of aromatic nitrogens is 2. The number of nitrogens with zero attached hydrogens (tertiary/aromatic N) is 4. The van der Waals surface area contributed by atoms with Crippen molar-refractivity contribution in [3.63, 3.8) is 0 Å². The molecule has 7 nitrogen and oxygen atoms in total. The lowest BCUT2D eigenvalue weighted by Gasteiger charge is -2.34. The van der Waals surface area contributed by atoms with Crippen molar-refractivity contribution in [1.29, 1.82) is 0 Å². The molecule has 0 N–H and O–H groups in total. The van der Waals surface area contributed by atoms with E-state index >= 15 is 0 Å². The van der Waals surface area contributed by atoms with Gasteiger partial charge in [0, 0.05) is 32.2 Å². The van der Waals surface area contributed by atoms with Crippen molar-refractivity contribution in [3.05, 3.63) is 63.1 Å². The maximum atomic E-state index is 14.2. The minimum Gasteiger partial charge on any atom is -0.336 e. The third-order valence-corrected chi connectivity index (χ3v) is 8.31. The van der Waals surface area contributed by atoms with E-state index in [9.17, 15) is 17.6 Å². The normalized spacial score (nSPS) is 15.3. The molecule has 1 saturated heterocycles. The van der Waals surface area contributed by atoms with Gasteiger partial charge in [0.25, 0.3) is 5.91 Å². The average molecular weight is 497 g/mol. The van der Waals surface area contributed by atoms with Gasteiger partial charge in [0.05, 0.1) is 32.5 Å². The largest absolute Gasteiger partial charge is 0.336 e. The van der Waals surface area contributed by atoms with Crippen LogP contribution in [0.3, 0.4) is 0 Å². The number of hydrogen-bond acceptors (Lipinski definition) is 5. The van der Waals surface area contributed by atoms with Gasteiger partial charge >= 0.3 is 0 Å². The lowest BCUT2D eigenvalue weighted by molar-refractivity contribution is 0.0699. The third-order valence-electron chi connectivity index (χ3n) is 5.44. The molecule has 1 aliphatic heterocycles. The predicted molar refractivity (Wildman–Crippen MR) is 120 cm³/mol. The van der Waals surface area contributed by atoms with Crippen LogP contribution in [0.1, 0.15) is 21.7 Å². The molecule has 0 bridgehead atoms. The zero-order chi connectivity index (χ0) is 23.2. The molecule has 0 aliphatic carbocycles. The highest BCUT2D eigenvalue weighted by molar-refractivity contribution is 7.89. The highest BCUT2D eigenvalue weighted by Gasteiger charge is 2.33. The van der Waals surface area contributed by atoms with Crippen LogP contribution in [0.25, 0.3) is 11.0 Å². The van der Waals surface area contributed by atoms with Gasteiger partial charge in [-0.1, -0.05) is 29.3 Å². The Morgan fingerprint density at radius 3 is 2.38 bits per heavy atom. The highest BCUT2D eigenvalue weighted by atomic mass is 35.5. The van der Waals surface area contributed by atoms with E-state index in [1.807, 2.05) is 0 Å². The number of rotatable bonds is 3. The van der Waals surface area contributed by atoms with Gasteiger partial charge in [-0.25, -0.2) is 22.8 Å². The molecule has 1 fully saturated rings. The number of carbonyl (C=O) groups excluding carboxylic acids is 1. The first-order chi connectivity index (χ1) is 15.1. The molecule has 4 rings (SSSR count). The molecule has 0 spiro atoms. The Balaban J connectivity index is 1.58.